The van der Waals surface area contributed by atoms with E-state index in [9.17, 15) is 4.79 Å². The molecular formula is C21H20N2OS. The van der Waals surface area contributed by atoms with Crippen molar-refractivity contribution in [2.45, 2.75) is 19.4 Å². The van der Waals surface area contributed by atoms with Crippen LogP contribution < -0.4 is 5.32 Å². The molecule has 1 aromatic heterocycles. The highest BCUT2D eigenvalue weighted by atomic mass is 32.1. The summed E-state index contributed by atoms with van der Waals surface area (Å²) >= 11 is 1.51. The topological polar surface area (TPSA) is 42.0 Å². The van der Waals surface area contributed by atoms with Gasteiger partial charge in [0, 0.05) is 23.2 Å². The fourth-order valence-corrected chi connectivity index (χ4v) is 3.14. The quantitative estimate of drug-likeness (QED) is 0.663. The van der Waals surface area contributed by atoms with Crippen LogP contribution >= 0.6 is 11.3 Å². The van der Waals surface area contributed by atoms with E-state index < -0.39 is 0 Å². The summed E-state index contributed by atoms with van der Waals surface area (Å²) in [5.41, 5.74) is 5.37. The standard InChI is InChI=1S/C21H20N2OS/c1-16(23-21(24)12-11-20-14-22-15-25-20)13-17-7-9-19(10-8-17)18-5-3-2-4-6-18/h2-12,14-16H,13H2,1H3,(H,23,24)/b12-11+. The second-order valence-electron chi connectivity index (χ2n) is 5.91. The lowest BCUT2D eigenvalue weighted by Gasteiger charge is -2.13. The Balaban J connectivity index is 1.54. The summed E-state index contributed by atoms with van der Waals surface area (Å²) in [7, 11) is 0. The smallest absolute Gasteiger partial charge is 0.244 e. The summed E-state index contributed by atoms with van der Waals surface area (Å²) in [5, 5.41) is 3.00. The van der Waals surface area contributed by atoms with Gasteiger partial charge in [0.15, 0.2) is 0 Å². The second kappa shape index (κ2) is 8.40. The molecule has 4 heteroatoms. The van der Waals surface area contributed by atoms with E-state index in [0.717, 1.165) is 11.3 Å². The van der Waals surface area contributed by atoms with Gasteiger partial charge in [0.05, 0.1) is 5.51 Å². The number of nitrogens with one attached hydrogen (secondary N) is 1. The van der Waals surface area contributed by atoms with Crippen molar-refractivity contribution in [2.24, 2.45) is 0 Å². The Morgan fingerprint density at radius 3 is 2.52 bits per heavy atom. The summed E-state index contributed by atoms with van der Waals surface area (Å²) in [6, 6.07) is 18.9. The first-order valence-corrected chi connectivity index (χ1v) is 9.10. The molecule has 1 heterocycles. The van der Waals surface area contributed by atoms with Crippen LogP contribution in [-0.4, -0.2) is 16.9 Å². The van der Waals surface area contributed by atoms with Gasteiger partial charge in [-0.15, -0.1) is 11.3 Å². The van der Waals surface area contributed by atoms with Gasteiger partial charge < -0.3 is 5.32 Å². The fraction of sp³-hybridized carbons (Fsp3) is 0.143. The van der Waals surface area contributed by atoms with E-state index in [-0.39, 0.29) is 11.9 Å². The molecule has 126 valence electrons. The molecule has 0 saturated carbocycles. The average Bonchev–Trinajstić information content (AvgIpc) is 3.15. The van der Waals surface area contributed by atoms with Crippen LogP contribution in [0.2, 0.25) is 0 Å². The van der Waals surface area contributed by atoms with Gasteiger partial charge in [-0.05, 0) is 36.1 Å². The van der Waals surface area contributed by atoms with Gasteiger partial charge in [0.2, 0.25) is 5.91 Å². The number of hydrogen-bond acceptors (Lipinski definition) is 3. The van der Waals surface area contributed by atoms with Gasteiger partial charge in [0.1, 0.15) is 0 Å². The molecule has 0 fully saturated rings. The fourth-order valence-electron chi connectivity index (χ4n) is 2.63. The Morgan fingerprint density at radius 2 is 1.84 bits per heavy atom. The van der Waals surface area contributed by atoms with Crippen molar-refractivity contribution in [2.75, 3.05) is 0 Å². The van der Waals surface area contributed by atoms with Crippen molar-refractivity contribution in [3.05, 3.63) is 82.8 Å². The van der Waals surface area contributed by atoms with E-state index in [1.807, 2.05) is 25.1 Å². The minimum atomic E-state index is -0.0817. The average molecular weight is 348 g/mol. The van der Waals surface area contributed by atoms with E-state index in [2.05, 4.69) is 46.7 Å². The number of amides is 1. The minimum Gasteiger partial charge on any atom is -0.350 e. The highest BCUT2D eigenvalue weighted by Gasteiger charge is 2.06. The largest absolute Gasteiger partial charge is 0.350 e. The molecule has 1 unspecified atom stereocenters. The number of nitrogens with zero attached hydrogens (tertiary/aromatic N) is 1. The Hall–Kier alpha value is -2.72. The maximum atomic E-state index is 12.0. The van der Waals surface area contributed by atoms with Crippen LogP contribution in [0.3, 0.4) is 0 Å². The third-order valence-electron chi connectivity index (χ3n) is 3.84. The van der Waals surface area contributed by atoms with Crippen LogP contribution in [0.25, 0.3) is 17.2 Å². The number of thiazole rings is 1. The number of aromatic nitrogens is 1. The monoisotopic (exact) mass is 348 g/mol. The summed E-state index contributed by atoms with van der Waals surface area (Å²) in [4.78, 5) is 16.9. The molecule has 0 aliphatic heterocycles. The van der Waals surface area contributed by atoms with Gasteiger partial charge in [-0.3, -0.25) is 9.78 Å². The van der Waals surface area contributed by atoms with Crippen LogP contribution in [0.1, 0.15) is 17.4 Å². The first-order valence-electron chi connectivity index (χ1n) is 8.22. The lowest BCUT2D eigenvalue weighted by Crippen LogP contribution is -2.32. The molecule has 0 saturated heterocycles. The predicted octanol–water partition coefficient (Wildman–Crippen LogP) is 4.57. The van der Waals surface area contributed by atoms with Gasteiger partial charge >= 0.3 is 0 Å². The molecule has 3 aromatic rings. The zero-order valence-electron chi connectivity index (χ0n) is 14.1. The molecule has 1 amide bonds. The Kier molecular flexibility index (Phi) is 5.75. The maximum absolute atomic E-state index is 12.0. The predicted molar refractivity (Wildman–Crippen MR) is 104 cm³/mol. The van der Waals surface area contributed by atoms with Gasteiger partial charge in [-0.1, -0.05) is 54.6 Å². The molecule has 1 N–H and O–H groups in total. The Morgan fingerprint density at radius 1 is 1.12 bits per heavy atom. The van der Waals surface area contributed by atoms with E-state index in [1.165, 1.54) is 28.0 Å². The van der Waals surface area contributed by atoms with Crippen LogP contribution in [0.5, 0.6) is 0 Å². The molecular weight excluding hydrogens is 328 g/mol. The van der Waals surface area contributed by atoms with Crippen molar-refractivity contribution in [3.63, 3.8) is 0 Å². The van der Waals surface area contributed by atoms with Gasteiger partial charge in [0.25, 0.3) is 0 Å². The molecule has 3 rings (SSSR count). The van der Waals surface area contributed by atoms with E-state index in [0.29, 0.717) is 0 Å². The zero-order valence-corrected chi connectivity index (χ0v) is 14.9. The SMILES string of the molecule is CC(Cc1ccc(-c2ccccc2)cc1)NC(=O)/C=C/c1cncs1. The summed E-state index contributed by atoms with van der Waals surface area (Å²) in [5.74, 6) is -0.0817. The molecule has 25 heavy (non-hydrogen) atoms. The number of benzene rings is 2. The molecule has 1 atom stereocenters. The lowest BCUT2D eigenvalue weighted by molar-refractivity contribution is -0.117. The molecule has 0 bridgehead atoms. The molecule has 0 radical (unpaired) electrons. The molecule has 2 aromatic carbocycles. The summed E-state index contributed by atoms with van der Waals surface area (Å²) in [6.45, 7) is 2.02. The van der Waals surface area contributed by atoms with Crippen molar-refractivity contribution in [1.82, 2.24) is 10.3 Å². The lowest BCUT2D eigenvalue weighted by atomic mass is 10.0. The highest BCUT2D eigenvalue weighted by Crippen LogP contribution is 2.19. The third-order valence-corrected chi connectivity index (χ3v) is 4.58. The third kappa shape index (κ3) is 5.13. The number of carbonyl (C=O) groups is 1. The first kappa shape index (κ1) is 17.1. The van der Waals surface area contributed by atoms with Crippen LogP contribution in [0, 0.1) is 0 Å². The Bertz CT molecular complexity index is 824. The van der Waals surface area contributed by atoms with Gasteiger partial charge in [-0.2, -0.15) is 0 Å². The van der Waals surface area contributed by atoms with E-state index in [4.69, 9.17) is 0 Å². The maximum Gasteiger partial charge on any atom is 0.244 e. The van der Waals surface area contributed by atoms with Crippen molar-refractivity contribution < 1.29 is 4.79 Å². The molecule has 3 nitrogen and oxygen atoms in total. The number of hydrogen-bond donors (Lipinski definition) is 1. The normalized spacial score (nSPS) is 12.2. The highest BCUT2D eigenvalue weighted by molar-refractivity contribution is 7.10. The molecule has 0 spiro atoms. The molecule has 0 aliphatic carbocycles. The van der Waals surface area contributed by atoms with Crippen LogP contribution in [0.4, 0.5) is 0 Å². The number of carbonyl (C=O) groups excluding carboxylic acids is 1. The first-order chi connectivity index (χ1) is 12.2. The van der Waals surface area contributed by atoms with Crippen LogP contribution in [0.15, 0.2) is 72.4 Å². The Labute approximate surface area is 152 Å². The van der Waals surface area contributed by atoms with Crippen molar-refractivity contribution in [1.29, 1.82) is 0 Å². The van der Waals surface area contributed by atoms with E-state index in [1.54, 1.807) is 23.9 Å². The summed E-state index contributed by atoms with van der Waals surface area (Å²) in [6.07, 6.45) is 5.89. The van der Waals surface area contributed by atoms with Gasteiger partial charge in [-0.25, -0.2) is 0 Å². The minimum absolute atomic E-state index is 0.0705. The molecule has 0 aliphatic rings. The van der Waals surface area contributed by atoms with Crippen molar-refractivity contribution >= 4 is 23.3 Å². The zero-order chi connectivity index (χ0) is 17.5. The number of rotatable bonds is 6. The van der Waals surface area contributed by atoms with Crippen LogP contribution in [-0.2, 0) is 11.2 Å². The van der Waals surface area contributed by atoms with E-state index >= 15 is 0 Å². The summed E-state index contributed by atoms with van der Waals surface area (Å²) < 4.78 is 0. The second-order valence-corrected chi connectivity index (χ2v) is 6.83. The van der Waals surface area contributed by atoms with Crippen molar-refractivity contribution in [3.8, 4) is 11.1 Å².